The van der Waals surface area contributed by atoms with Crippen LogP contribution in [-0.4, -0.2) is 54.5 Å². The normalized spacial score (nSPS) is 16.0. The van der Waals surface area contributed by atoms with E-state index in [0.717, 1.165) is 18.5 Å². The zero-order valence-corrected chi connectivity index (χ0v) is 15.9. The standard InChI is InChI=1S/C18H23N5O3S/c1-27(25,26)23-9-7-14(8-10-23)12-19-18(24)16-11-17(21-13-20-16)22-15-5-3-2-4-6-15/h2-6,11,13-14H,7-10,12H2,1H3,(H,19,24)(H,20,21,22). The van der Waals surface area contributed by atoms with Crippen molar-refractivity contribution in [3.8, 4) is 0 Å². The molecule has 8 nitrogen and oxygen atoms in total. The number of carbonyl (C=O) groups is 1. The quantitative estimate of drug-likeness (QED) is 0.778. The Hall–Kier alpha value is -2.52. The average molecular weight is 389 g/mol. The van der Waals surface area contributed by atoms with Crippen molar-refractivity contribution in [1.82, 2.24) is 19.6 Å². The number of hydrogen-bond donors (Lipinski definition) is 2. The summed E-state index contributed by atoms with van der Waals surface area (Å²) in [4.78, 5) is 20.6. The van der Waals surface area contributed by atoms with Crippen molar-refractivity contribution in [3.63, 3.8) is 0 Å². The smallest absolute Gasteiger partial charge is 0.270 e. The molecule has 1 aliphatic heterocycles. The highest BCUT2D eigenvalue weighted by atomic mass is 32.2. The summed E-state index contributed by atoms with van der Waals surface area (Å²) in [6.45, 7) is 1.50. The Morgan fingerprint density at radius 2 is 1.89 bits per heavy atom. The minimum Gasteiger partial charge on any atom is -0.350 e. The number of nitrogens with zero attached hydrogens (tertiary/aromatic N) is 3. The number of anilines is 2. The summed E-state index contributed by atoms with van der Waals surface area (Å²) in [6, 6.07) is 11.2. The molecule has 2 heterocycles. The molecule has 0 aliphatic carbocycles. The van der Waals surface area contributed by atoms with Crippen LogP contribution in [0.4, 0.5) is 11.5 Å². The highest BCUT2D eigenvalue weighted by Gasteiger charge is 2.25. The van der Waals surface area contributed by atoms with Crippen LogP contribution in [0.15, 0.2) is 42.7 Å². The number of amides is 1. The van der Waals surface area contributed by atoms with Crippen molar-refractivity contribution in [2.75, 3.05) is 31.2 Å². The first-order valence-corrected chi connectivity index (χ1v) is 10.6. The van der Waals surface area contributed by atoms with Gasteiger partial charge in [0, 0.05) is 31.4 Å². The lowest BCUT2D eigenvalue weighted by Crippen LogP contribution is -2.41. The van der Waals surface area contributed by atoms with Crippen molar-refractivity contribution >= 4 is 27.4 Å². The van der Waals surface area contributed by atoms with Gasteiger partial charge in [0.2, 0.25) is 10.0 Å². The molecule has 1 saturated heterocycles. The van der Waals surface area contributed by atoms with E-state index in [4.69, 9.17) is 0 Å². The van der Waals surface area contributed by atoms with Crippen LogP contribution in [0.25, 0.3) is 0 Å². The fraction of sp³-hybridized carbons (Fsp3) is 0.389. The van der Waals surface area contributed by atoms with E-state index in [9.17, 15) is 13.2 Å². The summed E-state index contributed by atoms with van der Waals surface area (Å²) in [5.41, 5.74) is 1.16. The van der Waals surface area contributed by atoms with Gasteiger partial charge in [0.15, 0.2) is 0 Å². The van der Waals surface area contributed by atoms with Crippen LogP contribution in [0.3, 0.4) is 0 Å². The molecule has 1 fully saturated rings. The van der Waals surface area contributed by atoms with Crippen LogP contribution in [0.2, 0.25) is 0 Å². The minimum atomic E-state index is -3.13. The second-order valence-corrected chi connectivity index (χ2v) is 8.58. The predicted octanol–water partition coefficient (Wildman–Crippen LogP) is 1.62. The second kappa shape index (κ2) is 8.45. The molecule has 27 heavy (non-hydrogen) atoms. The number of nitrogens with one attached hydrogen (secondary N) is 2. The molecule has 2 N–H and O–H groups in total. The van der Waals surface area contributed by atoms with Gasteiger partial charge in [-0.2, -0.15) is 0 Å². The molecule has 0 saturated carbocycles. The number of piperidine rings is 1. The second-order valence-electron chi connectivity index (χ2n) is 6.59. The Labute approximate surface area is 159 Å². The summed E-state index contributed by atoms with van der Waals surface area (Å²) >= 11 is 0. The van der Waals surface area contributed by atoms with Gasteiger partial charge in [-0.25, -0.2) is 22.7 Å². The van der Waals surface area contributed by atoms with E-state index < -0.39 is 10.0 Å². The maximum Gasteiger partial charge on any atom is 0.270 e. The van der Waals surface area contributed by atoms with E-state index in [2.05, 4.69) is 20.6 Å². The number of rotatable bonds is 6. The lowest BCUT2D eigenvalue weighted by atomic mass is 9.98. The first-order chi connectivity index (χ1) is 12.9. The molecule has 3 rings (SSSR count). The number of para-hydroxylation sites is 1. The first-order valence-electron chi connectivity index (χ1n) is 8.79. The van der Waals surface area contributed by atoms with Gasteiger partial charge in [-0.15, -0.1) is 0 Å². The third kappa shape index (κ3) is 5.48. The van der Waals surface area contributed by atoms with Crippen LogP contribution >= 0.6 is 0 Å². The SMILES string of the molecule is CS(=O)(=O)N1CCC(CNC(=O)c2cc(Nc3ccccc3)ncn2)CC1. The van der Waals surface area contributed by atoms with Crippen LogP contribution in [0, 0.1) is 5.92 Å². The third-order valence-corrected chi connectivity index (χ3v) is 5.84. The minimum absolute atomic E-state index is 0.260. The van der Waals surface area contributed by atoms with E-state index in [1.807, 2.05) is 30.3 Å². The zero-order chi connectivity index (χ0) is 19.3. The summed E-state index contributed by atoms with van der Waals surface area (Å²) in [6.07, 6.45) is 4.05. The fourth-order valence-electron chi connectivity index (χ4n) is 2.99. The molecule has 0 spiro atoms. The van der Waals surface area contributed by atoms with E-state index in [-0.39, 0.29) is 17.5 Å². The summed E-state index contributed by atoms with van der Waals surface area (Å²) in [7, 11) is -3.13. The Bertz CT molecular complexity index is 881. The third-order valence-electron chi connectivity index (χ3n) is 4.54. The van der Waals surface area contributed by atoms with Gasteiger partial charge in [-0.1, -0.05) is 18.2 Å². The van der Waals surface area contributed by atoms with E-state index in [0.29, 0.717) is 25.5 Å². The van der Waals surface area contributed by atoms with E-state index in [1.165, 1.54) is 16.9 Å². The van der Waals surface area contributed by atoms with Crippen LogP contribution in [0.5, 0.6) is 0 Å². The summed E-state index contributed by atoms with van der Waals surface area (Å²) in [5.74, 6) is 0.539. The molecule has 1 aromatic carbocycles. The zero-order valence-electron chi connectivity index (χ0n) is 15.1. The average Bonchev–Trinajstić information content (AvgIpc) is 2.67. The molecule has 0 radical (unpaired) electrons. The molecule has 9 heteroatoms. The van der Waals surface area contributed by atoms with Gasteiger partial charge < -0.3 is 10.6 Å². The molecular weight excluding hydrogens is 366 g/mol. The molecular formula is C18H23N5O3S. The van der Waals surface area contributed by atoms with Gasteiger partial charge in [0.05, 0.1) is 6.26 Å². The number of aromatic nitrogens is 2. The molecule has 144 valence electrons. The number of hydrogen-bond acceptors (Lipinski definition) is 6. The molecule has 1 aromatic heterocycles. The summed E-state index contributed by atoms with van der Waals surface area (Å²) < 4.78 is 24.6. The Morgan fingerprint density at radius 1 is 1.19 bits per heavy atom. The van der Waals surface area contributed by atoms with Gasteiger partial charge >= 0.3 is 0 Å². The fourth-order valence-corrected chi connectivity index (χ4v) is 3.87. The van der Waals surface area contributed by atoms with Crippen LogP contribution < -0.4 is 10.6 Å². The Balaban J connectivity index is 1.52. The molecule has 0 atom stereocenters. The van der Waals surface area contributed by atoms with Crippen molar-refractivity contribution in [1.29, 1.82) is 0 Å². The number of carbonyl (C=O) groups excluding carboxylic acids is 1. The first kappa shape index (κ1) is 19.2. The van der Waals surface area contributed by atoms with Gasteiger partial charge in [0.1, 0.15) is 17.8 Å². The Morgan fingerprint density at radius 3 is 2.56 bits per heavy atom. The maximum atomic E-state index is 12.4. The van der Waals surface area contributed by atoms with E-state index in [1.54, 1.807) is 6.07 Å². The van der Waals surface area contributed by atoms with Crippen LogP contribution in [-0.2, 0) is 10.0 Å². The summed E-state index contributed by atoms with van der Waals surface area (Å²) in [5, 5.41) is 6.02. The van der Waals surface area contributed by atoms with E-state index >= 15 is 0 Å². The largest absolute Gasteiger partial charge is 0.350 e. The van der Waals surface area contributed by atoms with Gasteiger partial charge in [0.25, 0.3) is 5.91 Å². The Kier molecular flexibility index (Phi) is 6.02. The highest BCUT2D eigenvalue weighted by Crippen LogP contribution is 2.18. The van der Waals surface area contributed by atoms with Gasteiger partial charge in [-0.3, -0.25) is 4.79 Å². The van der Waals surface area contributed by atoms with Crippen molar-refractivity contribution < 1.29 is 13.2 Å². The molecule has 0 unspecified atom stereocenters. The monoisotopic (exact) mass is 389 g/mol. The van der Waals surface area contributed by atoms with Crippen molar-refractivity contribution in [2.45, 2.75) is 12.8 Å². The topological polar surface area (TPSA) is 104 Å². The lowest BCUT2D eigenvalue weighted by molar-refractivity contribution is 0.0936. The van der Waals surface area contributed by atoms with Crippen LogP contribution in [0.1, 0.15) is 23.3 Å². The molecule has 0 bridgehead atoms. The highest BCUT2D eigenvalue weighted by molar-refractivity contribution is 7.88. The number of sulfonamides is 1. The molecule has 1 amide bonds. The van der Waals surface area contributed by atoms with Crippen molar-refractivity contribution in [2.24, 2.45) is 5.92 Å². The predicted molar refractivity (Wildman–Crippen MR) is 103 cm³/mol. The molecule has 2 aromatic rings. The van der Waals surface area contributed by atoms with Gasteiger partial charge in [-0.05, 0) is 30.9 Å². The maximum absolute atomic E-state index is 12.4. The van der Waals surface area contributed by atoms with Crippen molar-refractivity contribution in [3.05, 3.63) is 48.4 Å². The molecule has 1 aliphatic rings. The number of benzene rings is 1. The lowest BCUT2D eigenvalue weighted by Gasteiger charge is -2.30.